The van der Waals surface area contributed by atoms with E-state index in [1.807, 2.05) is 6.08 Å². The number of nitrogens with one attached hydrogen (secondary N) is 1. The molecule has 9 nitrogen and oxygen atoms in total. The molecule has 44 heavy (non-hydrogen) atoms. The highest BCUT2D eigenvalue weighted by atomic mass is 16.7. The van der Waals surface area contributed by atoms with Crippen molar-refractivity contribution in [2.75, 3.05) is 13.2 Å². The minimum absolute atomic E-state index is 0.182. The standard InChI is InChI=1S/C35H67NO8/c1-3-5-7-9-11-13-15-16-18-20-22-24-29(38)28(27-43-35-34(42)33(41)32(40)30(26-37)44-35)36-31(39)25-23-21-19-17-14-12-10-8-6-4-2/h22,24,28-30,32-35,37-38,40-42H,3-21,23,25-27H2,1-2H3,(H,36,39)/b24-22+. The highest BCUT2D eigenvalue weighted by Gasteiger charge is 2.44. The molecule has 1 heterocycles. The van der Waals surface area contributed by atoms with E-state index in [4.69, 9.17) is 9.47 Å². The zero-order valence-corrected chi connectivity index (χ0v) is 27.9. The minimum atomic E-state index is -1.56. The van der Waals surface area contributed by atoms with Crippen molar-refractivity contribution in [2.24, 2.45) is 0 Å². The molecule has 1 saturated heterocycles. The summed E-state index contributed by atoms with van der Waals surface area (Å²) in [6, 6.07) is -0.794. The Bertz CT molecular complexity index is 706. The number of unbranched alkanes of at least 4 members (excludes halogenated alkanes) is 18. The average molecular weight is 630 g/mol. The number of allylic oxidation sites excluding steroid dienone is 1. The lowest BCUT2D eigenvalue weighted by atomic mass is 9.99. The van der Waals surface area contributed by atoms with Crippen LogP contribution < -0.4 is 5.32 Å². The average Bonchev–Trinajstić information content (AvgIpc) is 3.02. The molecule has 0 saturated carbocycles. The summed E-state index contributed by atoms with van der Waals surface area (Å²) in [5, 5.41) is 53.7. The van der Waals surface area contributed by atoms with Gasteiger partial charge in [0.25, 0.3) is 0 Å². The van der Waals surface area contributed by atoms with E-state index in [2.05, 4.69) is 19.2 Å². The van der Waals surface area contributed by atoms with Gasteiger partial charge in [0.2, 0.25) is 5.91 Å². The van der Waals surface area contributed by atoms with Gasteiger partial charge in [-0.2, -0.15) is 0 Å². The monoisotopic (exact) mass is 629 g/mol. The summed E-state index contributed by atoms with van der Waals surface area (Å²) in [6.45, 7) is 3.71. The number of aliphatic hydroxyl groups excluding tert-OH is 5. The van der Waals surface area contributed by atoms with Crippen molar-refractivity contribution in [3.8, 4) is 0 Å². The Kier molecular flexibility index (Phi) is 25.2. The molecule has 6 N–H and O–H groups in total. The highest BCUT2D eigenvalue weighted by Crippen LogP contribution is 2.22. The van der Waals surface area contributed by atoms with Gasteiger partial charge in [-0.3, -0.25) is 4.79 Å². The van der Waals surface area contributed by atoms with Gasteiger partial charge in [0.1, 0.15) is 24.4 Å². The Balaban J connectivity index is 2.51. The molecule has 1 fully saturated rings. The quantitative estimate of drug-likeness (QED) is 0.0495. The number of amides is 1. The predicted octanol–water partition coefficient (Wildman–Crippen LogP) is 5.44. The van der Waals surface area contributed by atoms with Crippen molar-refractivity contribution in [1.82, 2.24) is 5.32 Å². The Morgan fingerprint density at radius 1 is 0.750 bits per heavy atom. The maximum absolute atomic E-state index is 12.8. The molecular formula is C35H67NO8. The number of ether oxygens (including phenoxy) is 2. The molecule has 0 aromatic carbocycles. The number of hydrogen-bond donors (Lipinski definition) is 6. The molecule has 0 aromatic heterocycles. The van der Waals surface area contributed by atoms with E-state index in [1.54, 1.807) is 6.08 Å². The molecule has 1 amide bonds. The van der Waals surface area contributed by atoms with Crippen molar-refractivity contribution in [3.05, 3.63) is 12.2 Å². The molecule has 7 unspecified atom stereocenters. The summed E-state index contributed by atoms with van der Waals surface area (Å²) in [5.41, 5.74) is 0. The van der Waals surface area contributed by atoms with Crippen molar-refractivity contribution in [2.45, 2.75) is 192 Å². The van der Waals surface area contributed by atoms with Gasteiger partial charge in [-0.25, -0.2) is 0 Å². The van der Waals surface area contributed by atoms with Crippen molar-refractivity contribution in [1.29, 1.82) is 0 Å². The third kappa shape index (κ3) is 18.8. The summed E-state index contributed by atoms with van der Waals surface area (Å²) in [7, 11) is 0. The van der Waals surface area contributed by atoms with E-state index in [0.29, 0.717) is 6.42 Å². The first kappa shape index (κ1) is 41.0. The van der Waals surface area contributed by atoms with Crippen LogP contribution in [0, 0.1) is 0 Å². The number of rotatable bonds is 28. The topological polar surface area (TPSA) is 149 Å². The van der Waals surface area contributed by atoms with Crippen molar-refractivity contribution in [3.63, 3.8) is 0 Å². The molecule has 1 rings (SSSR count). The fraction of sp³-hybridized carbons (Fsp3) is 0.914. The van der Waals surface area contributed by atoms with E-state index < -0.39 is 49.5 Å². The van der Waals surface area contributed by atoms with Gasteiger partial charge in [-0.15, -0.1) is 0 Å². The van der Waals surface area contributed by atoms with Gasteiger partial charge in [0.15, 0.2) is 6.29 Å². The largest absolute Gasteiger partial charge is 0.394 e. The second-order valence-electron chi connectivity index (χ2n) is 12.7. The molecular weight excluding hydrogens is 562 g/mol. The summed E-state index contributed by atoms with van der Waals surface area (Å²) < 4.78 is 11.1. The van der Waals surface area contributed by atoms with Crippen LogP contribution in [-0.2, 0) is 14.3 Å². The highest BCUT2D eigenvalue weighted by molar-refractivity contribution is 5.76. The molecule has 0 aromatic rings. The van der Waals surface area contributed by atoms with Crippen LogP contribution in [0.4, 0.5) is 0 Å². The van der Waals surface area contributed by atoms with Gasteiger partial charge in [0.05, 0.1) is 25.4 Å². The van der Waals surface area contributed by atoms with Crippen molar-refractivity contribution >= 4 is 5.91 Å². The predicted molar refractivity (Wildman–Crippen MR) is 175 cm³/mol. The van der Waals surface area contributed by atoms with Crippen LogP contribution in [0.25, 0.3) is 0 Å². The number of carbonyl (C=O) groups is 1. The number of carbonyl (C=O) groups excluding carboxylic acids is 1. The van der Waals surface area contributed by atoms with Gasteiger partial charge < -0.3 is 40.3 Å². The molecule has 0 radical (unpaired) electrons. The van der Waals surface area contributed by atoms with E-state index >= 15 is 0 Å². The van der Waals surface area contributed by atoms with Crippen LogP contribution in [0.15, 0.2) is 12.2 Å². The summed E-state index contributed by atoms with van der Waals surface area (Å²) >= 11 is 0. The van der Waals surface area contributed by atoms with E-state index in [0.717, 1.165) is 38.5 Å². The second-order valence-corrected chi connectivity index (χ2v) is 12.7. The minimum Gasteiger partial charge on any atom is -0.394 e. The second kappa shape index (κ2) is 27.1. The molecule has 9 heteroatoms. The zero-order valence-electron chi connectivity index (χ0n) is 27.9. The zero-order chi connectivity index (χ0) is 32.4. The summed E-state index contributed by atoms with van der Waals surface area (Å²) in [5.74, 6) is -0.182. The summed E-state index contributed by atoms with van der Waals surface area (Å²) in [4.78, 5) is 12.8. The van der Waals surface area contributed by atoms with E-state index in [-0.39, 0.29) is 12.5 Å². The van der Waals surface area contributed by atoms with E-state index in [1.165, 1.54) is 89.9 Å². The van der Waals surface area contributed by atoms with E-state index in [9.17, 15) is 30.3 Å². The fourth-order valence-electron chi connectivity index (χ4n) is 5.62. The first-order chi connectivity index (χ1) is 21.3. The Morgan fingerprint density at radius 3 is 1.77 bits per heavy atom. The summed E-state index contributed by atoms with van der Waals surface area (Å²) in [6.07, 6.45) is 19.7. The van der Waals surface area contributed by atoms with Crippen molar-refractivity contribution < 1.29 is 39.8 Å². The van der Waals surface area contributed by atoms with Crippen LogP contribution in [0.5, 0.6) is 0 Å². The molecule has 0 spiro atoms. The molecule has 1 aliphatic rings. The maximum atomic E-state index is 12.8. The lowest BCUT2D eigenvalue weighted by Crippen LogP contribution is -2.60. The van der Waals surface area contributed by atoms with Crippen LogP contribution >= 0.6 is 0 Å². The van der Waals surface area contributed by atoms with Crippen LogP contribution in [0.1, 0.15) is 149 Å². The van der Waals surface area contributed by atoms with Gasteiger partial charge in [-0.1, -0.05) is 135 Å². The van der Waals surface area contributed by atoms with Gasteiger partial charge in [-0.05, 0) is 19.3 Å². The lowest BCUT2D eigenvalue weighted by molar-refractivity contribution is -0.302. The molecule has 0 aliphatic carbocycles. The maximum Gasteiger partial charge on any atom is 0.220 e. The third-order valence-corrected chi connectivity index (χ3v) is 8.61. The Labute approximate surface area is 267 Å². The Morgan fingerprint density at radius 2 is 1.25 bits per heavy atom. The molecule has 260 valence electrons. The smallest absolute Gasteiger partial charge is 0.220 e. The molecule has 7 atom stereocenters. The number of aliphatic hydroxyl groups is 5. The lowest BCUT2D eigenvalue weighted by Gasteiger charge is -2.40. The van der Waals surface area contributed by atoms with Gasteiger partial charge in [0, 0.05) is 6.42 Å². The normalized spacial score (nSPS) is 23.7. The first-order valence-electron chi connectivity index (χ1n) is 17.9. The molecule has 1 aliphatic heterocycles. The first-order valence-corrected chi connectivity index (χ1v) is 17.9. The fourth-order valence-corrected chi connectivity index (χ4v) is 5.62. The third-order valence-electron chi connectivity index (χ3n) is 8.61. The van der Waals surface area contributed by atoms with Crippen LogP contribution in [-0.4, -0.2) is 87.5 Å². The number of hydrogen-bond acceptors (Lipinski definition) is 8. The SMILES string of the molecule is CCCCCCCCCCC/C=C/C(O)C(COC1OC(CO)C(O)C(O)C1O)NC(=O)CCCCCCCCCCCC. The van der Waals surface area contributed by atoms with Gasteiger partial charge >= 0.3 is 0 Å². The van der Waals surface area contributed by atoms with Crippen LogP contribution in [0.2, 0.25) is 0 Å². The van der Waals surface area contributed by atoms with Crippen LogP contribution in [0.3, 0.4) is 0 Å². The Hall–Kier alpha value is -1.07. The molecule has 0 bridgehead atoms.